The Morgan fingerprint density at radius 1 is 1.43 bits per heavy atom. The van der Waals surface area contributed by atoms with Gasteiger partial charge in [-0.3, -0.25) is 0 Å². The van der Waals surface area contributed by atoms with Crippen LogP contribution in [0.15, 0.2) is 24.3 Å². The molecular weight excluding hydrogens is 170 g/mol. The fourth-order valence-electron chi connectivity index (χ4n) is 1.98. The highest BCUT2D eigenvalue weighted by atomic mass is 14.9. The lowest BCUT2D eigenvalue weighted by molar-refractivity contribution is 0.541. The highest BCUT2D eigenvalue weighted by Crippen LogP contribution is 2.33. The summed E-state index contributed by atoms with van der Waals surface area (Å²) in [5.74, 6) is 3.35. The fourth-order valence-corrected chi connectivity index (χ4v) is 1.98. The molecule has 1 aromatic rings. The monoisotopic (exact) mass is 185 g/mol. The van der Waals surface area contributed by atoms with Gasteiger partial charge in [0.1, 0.15) is 0 Å². The van der Waals surface area contributed by atoms with Crippen molar-refractivity contribution in [3.63, 3.8) is 0 Å². The summed E-state index contributed by atoms with van der Waals surface area (Å²) in [6.07, 6.45) is 7.23. The highest BCUT2D eigenvalue weighted by Gasteiger charge is 2.24. The summed E-state index contributed by atoms with van der Waals surface area (Å²) in [4.78, 5) is 0. The first-order chi connectivity index (χ1) is 6.92. The third-order valence-electron chi connectivity index (χ3n) is 2.80. The zero-order valence-electron chi connectivity index (χ0n) is 8.29. The first kappa shape index (κ1) is 9.30. The van der Waals surface area contributed by atoms with Crippen LogP contribution in [0.1, 0.15) is 23.5 Å². The Balaban J connectivity index is 1.79. The molecule has 1 aliphatic carbocycles. The lowest BCUT2D eigenvalue weighted by atomic mass is 9.77. The number of hydrogen-bond donors (Lipinski definition) is 1. The van der Waals surface area contributed by atoms with Crippen LogP contribution in [0.3, 0.4) is 0 Å². The maximum atomic E-state index is 5.18. The van der Waals surface area contributed by atoms with E-state index in [1.165, 1.54) is 17.5 Å². The van der Waals surface area contributed by atoms with Gasteiger partial charge in [-0.2, -0.15) is 0 Å². The third kappa shape index (κ3) is 1.81. The van der Waals surface area contributed by atoms with Gasteiger partial charge >= 0.3 is 0 Å². The summed E-state index contributed by atoms with van der Waals surface area (Å²) < 4.78 is 0. The van der Waals surface area contributed by atoms with Crippen LogP contribution in [-0.4, -0.2) is 13.1 Å². The summed E-state index contributed by atoms with van der Waals surface area (Å²) in [7, 11) is 0. The molecule has 72 valence electrons. The zero-order chi connectivity index (χ0) is 9.80. The lowest BCUT2D eigenvalue weighted by Gasteiger charge is -2.30. The van der Waals surface area contributed by atoms with Crippen molar-refractivity contribution in [1.82, 2.24) is 5.32 Å². The van der Waals surface area contributed by atoms with Crippen LogP contribution >= 0.6 is 0 Å². The molecule has 14 heavy (non-hydrogen) atoms. The summed E-state index contributed by atoms with van der Waals surface area (Å²) in [5.41, 5.74) is 3.02. The lowest BCUT2D eigenvalue weighted by Crippen LogP contribution is -2.29. The van der Waals surface area contributed by atoms with Crippen LogP contribution < -0.4 is 5.32 Å². The first-order valence-electron chi connectivity index (χ1n) is 5.14. The Bertz CT molecular complexity index is 348. The predicted molar refractivity (Wildman–Crippen MR) is 59.2 cm³/mol. The van der Waals surface area contributed by atoms with Gasteiger partial charge in [-0.25, -0.2) is 0 Å². The Kier molecular flexibility index (Phi) is 2.86. The van der Waals surface area contributed by atoms with E-state index in [1.54, 1.807) is 0 Å². The summed E-state index contributed by atoms with van der Waals surface area (Å²) in [5, 5.41) is 3.39. The molecule has 1 heteroatoms. The molecule has 0 saturated carbocycles. The molecule has 0 amide bonds. The Hall–Kier alpha value is -1.26. The van der Waals surface area contributed by atoms with Gasteiger partial charge in [0.25, 0.3) is 0 Å². The Morgan fingerprint density at radius 2 is 2.29 bits per heavy atom. The normalized spacial score (nSPS) is 18.1. The molecular formula is C13H15N. The summed E-state index contributed by atoms with van der Waals surface area (Å²) in [6, 6.07) is 8.67. The molecule has 1 atom stereocenters. The average Bonchev–Trinajstić information content (AvgIpc) is 2.19. The van der Waals surface area contributed by atoms with Gasteiger partial charge in [0.05, 0.1) is 0 Å². The van der Waals surface area contributed by atoms with Crippen molar-refractivity contribution < 1.29 is 0 Å². The van der Waals surface area contributed by atoms with E-state index in [2.05, 4.69) is 35.5 Å². The second-order valence-corrected chi connectivity index (χ2v) is 3.76. The number of nitrogens with one attached hydrogen (secondary N) is 1. The molecule has 1 aromatic carbocycles. The number of hydrogen-bond acceptors (Lipinski definition) is 1. The Labute approximate surface area is 85.5 Å². The van der Waals surface area contributed by atoms with Crippen LogP contribution in [0.4, 0.5) is 0 Å². The quantitative estimate of drug-likeness (QED) is 0.558. The summed E-state index contributed by atoms with van der Waals surface area (Å²) >= 11 is 0. The number of fused-ring (bicyclic) bond motifs is 1. The molecule has 0 spiro atoms. The second kappa shape index (κ2) is 4.30. The molecule has 0 bridgehead atoms. The fraction of sp³-hybridized carbons (Fsp3) is 0.385. The van der Waals surface area contributed by atoms with Crippen molar-refractivity contribution in [2.45, 2.75) is 18.8 Å². The van der Waals surface area contributed by atoms with Gasteiger partial charge in [-0.15, -0.1) is 12.3 Å². The number of rotatable bonds is 4. The predicted octanol–water partition coefficient (Wildman–Crippen LogP) is 1.94. The number of benzene rings is 1. The van der Waals surface area contributed by atoms with Gasteiger partial charge in [0, 0.05) is 25.4 Å². The first-order valence-corrected chi connectivity index (χ1v) is 5.14. The van der Waals surface area contributed by atoms with Crippen molar-refractivity contribution in [2.75, 3.05) is 13.1 Å². The molecule has 2 rings (SSSR count). The van der Waals surface area contributed by atoms with E-state index in [9.17, 15) is 0 Å². The average molecular weight is 185 g/mol. The Morgan fingerprint density at radius 3 is 3.07 bits per heavy atom. The van der Waals surface area contributed by atoms with Crippen LogP contribution in [0.25, 0.3) is 0 Å². The van der Waals surface area contributed by atoms with E-state index in [1.807, 2.05) is 0 Å². The van der Waals surface area contributed by atoms with Crippen LogP contribution in [0.2, 0.25) is 0 Å². The van der Waals surface area contributed by atoms with Crippen LogP contribution in [-0.2, 0) is 6.42 Å². The van der Waals surface area contributed by atoms with Crippen molar-refractivity contribution >= 4 is 0 Å². The van der Waals surface area contributed by atoms with Gasteiger partial charge in [-0.05, 0) is 17.5 Å². The maximum Gasteiger partial charge on any atom is 0.0211 e. The molecule has 1 aliphatic rings. The van der Waals surface area contributed by atoms with Gasteiger partial charge in [-0.1, -0.05) is 24.3 Å². The molecule has 0 heterocycles. The number of terminal acetylenes is 1. The van der Waals surface area contributed by atoms with E-state index < -0.39 is 0 Å². The van der Waals surface area contributed by atoms with Crippen molar-refractivity contribution in [3.8, 4) is 12.3 Å². The molecule has 0 aromatic heterocycles. The molecule has 0 radical (unpaired) electrons. The van der Waals surface area contributed by atoms with Crippen LogP contribution in [0.5, 0.6) is 0 Å². The molecule has 0 aliphatic heterocycles. The van der Waals surface area contributed by atoms with E-state index >= 15 is 0 Å². The molecule has 1 unspecified atom stereocenters. The molecule has 1 N–H and O–H groups in total. The standard InChI is InChI=1S/C13H15N/c1-2-3-8-14-10-12-9-11-6-4-5-7-13(11)12/h1,4-7,12,14H,3,8-10H2. The topological polar surface area (TPSA) is 12.0 Å². The minimum absolute atomic E-state index is 0.712. The maximum absolute atomic E-state index is 5.18. The van der Waals surface area contributed by atoms with Gasteiger partial charge in [0.15, 0.2) is 0 Å². The van der Waals surface area contributed by atoms with Crippen LogP contribution in [0, 0.1) is 12.3 Å². The zero-order valence-corrected chi connectivity index (χ0v) is 8.29. The van der Waals surface area contributed by atoms with Crippen molar-refractivity contribution in [1.29, 1.82) is 0 Å². The molecule has 1 nitrogen and oxygen atoms in total. The minimum Gasteiger partial charge on any atom is -0.315 e. The van der Waals surface area contributed by atoms with Crippen molar-refractivity contribution in [2.24, 2.45) is 0 Å². The van der Waals surface area contributed by atoms with Gasteiger partial charge < -0.3 is 5.32 Å². The van der Waals surface area contributed by atoms with E-state index in [0.717, 1.165) is 19.5 Å². The van der Waals surface area contributed by atoms with E-state index in [4.69, 9.17) is 6.42 Å². The largest absolute Gasteiger partial charge is 0.315 e. The second-order valence-electron chi connectivity index (χ2n) is 3.76. The third-order valence-corrected chi connectivity index (χ3v) is 2.80. The SMILES string of the molecule is C#CCCNCC1Cc2ccccc21. The summed E-state index contributed by atoms with van der Waals surface area (Å²) in [6.45, 7) is 2.01. The molecule has 0 fully saturated rings. The molecule has 0 saturated heterocycles. The van der Waals surface area contributed by atoms with E-state index in [-0.39, 0.29) is 0 Å². The van der Waals surface area contributed by atoms with Gasteiger partial charge in [0.2, 0.25) is 0 Å². The van der Waals surface area contributed by atoms with Crippen molar-refractivity contribution in [3.05, 3.63) is 35.4 Å². The minimum atomic E-state index is 0.712. The highest BCUT2D eigenvalue weighted by molar-refractivity contribution is 5.40. The van der Waals surface area contributed by atoms with E-state index in [0.29, 0.717) is 5.92 Å². The smallest absolute Gasteiger partial charge is 0.0211 e.